The highest BCUT2D eigenvalue weighted by atomic mass is 79.9. The Balaban J connectivity index is 3.07. The summed E-state index contributed by atoms with van der Waals surface area (Å²) in [6.07, 6.45) is 1.20. The molecule has 0 amide bonds. The second-order valence-corrected chi connectivity index (χ2v) is 3.18. The van der Waals surface area contributed by atoms with Crippen molar-refractivity contribution >= 4 is 22.2 Å². The van der Waals surface area contributed by atoms with Crippen molar-refractivity contribution in [3.63, 3.8) is 0 Å². The van der Waals surface area contributed by atoms with E-state index in [0.717, 1.165) is 27.8 Å². The normalized spacial score (nSPS) is 10.1. The van der Waals surface area contributed by atoms with Gasteiger partial charge in [-0.1, -0.05) is 0 Å². The lowest BCUT2D eigenvalue weighted by molar-refractivity contribution is -0.107. The minimum absolute atomic E-state index is 0.359. The maximum atomic E-state index is 10.2. The predicted octanol–water partition coefficient (Wildman–Crippen LogP) is 2.40. The van der Waals surface area contributed by atoms with Crippen molar-refractivity contribution in [2.45, 2.75) is 20.3 Å². The molecular formula is C8H9BrO2. The molecule has 0 aliphatic heterocycles. The van der Waals surface area contributed by atoms with Gasteiger partial charge in [0.15, 0.2) is 0 Å². The largest absolute Gasteiger partial charge is 0.464 e. The summed E-state index contributed by atoms with van der Waals surface area (Å²) in [5.74, 6) is 1.59. The van der Waals surface area contributed by atoms with Crippen molar-refractivity contribution in [1.29, 1.82) is 0 Å². The second-order valence-electron chi connectivity index (χ2n) is 2.39. The zero-order valence-electron chi connectivity index (χ0n) is 6.48. The van der Waals surface area contributed by atoms with Gasteiger partial charge in [-0.05, 0) is 29.8 Å². The number of rotatable bonds is 2. The summed E-state index contributed by atoms with van der Waals surface area (Å²) in [7, 11) is 0. The Hall–Kier alpha value is -0.570. The van der Waals surface area contributed by atoms with Crippen molar-refractivity contribution < 1.29 is 9.21 Å². The molecular weight excluding hydrogens is 208 g/mol. The average Bonchev–Trinajstić information content (AvgIpc) is 2.19. The minimum Gasteiger partial charge on any atom is -0.464 e. The summed E-state index contributed by atoms with van der Waals surface area (Å²) in [6.45, 7) is 3.80. The molecule has 0 unspecified atom stereocenters. The van der Waals surface area contributed by atoms with Gasteiger partial charge in [0, 0.05) is 5.56 Å². The number of furan rings is 1. The Morgan fingerprint density at radius 3 is 2.55 bits per heavy atom. The first kappa shape index (κ1) is 8.53. The van der Waals surface area contributed by atoms with Crippen LogP contribution in [-0.4, -0.2) is 6.29 Å². The highest BCUT2D eigenvalue weighted by Gasteiger charge is 2.10. The van der Waals surface area contributed by atoms with Gasteiger partial charge in [0.1, 0.15) is 17.8 Å². The van der Waals surface area contributed by atoms with Crippen molar-refractivity contribution in [2.75, 3.05) is 0 Å². The van der Waals surface area contributed by atoms with E-state index in [1.807, 2.05) is 13.8 Å². The molecule has 1 rings (SSSR count). The molecule has 3 heteroatoms. The lowest BCUT2D eigenvalue weighted by Crippen LogP contribution is -1.84. The zero-order chi connectivity index (χ0) is 8.43. The molecule has 1 aromatic rings. The van der Waals surface area contributed by atoms with Crippen LogP contribution in [0.15, 0.2) is 8.89 Å². The van der Waals surface area contributed by atoms with E-state index < -0.39 is 0 Å². The van der Waals surface area contributed by atoms with Crippen molar-refractivity contribution in [1.82, 2.24) is 0 Å². The highest BCUT2D eigenvalue weighted by Crippen LogP contribution is 2.26. The van der Waals surface area contributed by atoms with Gasteiger partial charge in [-0.15, -0.1) is 0 Å². The van der Waals surface area contributed by atoms with E-state index >= 15 is 0 Å². The van der Waals surface area contributed by atoms with Crippen molar-refractivity contribution in [3.05, 3.63) is 21.6 Å². The van der Waals surface area contributed by atoms with Gasteiger partial charge in [-0.2, -0.15) is 0 Å². The number of carbonyl (C=O) groups excluding carboxylic acids is 1. The van der Waals surface area contributed by atoms with Gasteiger partial charge in [-0.25, -0.2) is 0 Å². The van der Waals surface area contributed by atoms with Gasteiger partial charge in [0.2, 0.25) is 0 Å². The molecule has 0 atom stereocenters. The summed E-state index contributed by atoms with van der Waals surface area (Å²) in [5.41, 5.74) is 1.02. The van der Waals surface area contributed by atoms with Crippen LogP contribution in [0.2, 0.25) is 0 Å². The highest BCUT2D eigenvalue weighted by molar-refractivity contribution is 9.10. The van der Waals surface area contributed by atoms with Crippen LogP contribution in [0.5, 0.6) is 0 Å². The zero-order valence-corrected chi connectivity index (χ0v) is 8.06. The number of aryl methyl sites for hydroxylation is 1. The molecule has 1 aromatic heterocycles. The summed E-state index contributed by atoms with van der Waals surface area (Å²) < 4.78 is 6.27. The Kier molecular flexibility index (Phi) is 2.49. The van der Waals surface area contributed by atoms with Crippen LogP contribution in [0.1, 0.15) is 17.1 Å². The number of aldehydes is 1. The fourth-order valence-corrected chi connectivity index (χ4v) is 1.27. The van der Waals surface area contributed by atoms with Gasteiger partial charge < -0.3 is 9.21 Å². The standard InChI is InChI=1S/C8H9BrO2/c1-5-7(3-4-10)11-6(2)8(5)9/h4H,3H2,1-2H3. The Labute approximate surface area is 73.7 Å². The van der Waals surface area contributed by atoms with Crippen molar-refractivity contribution in [3.8, 4) is 0 Å². The maximum absolute atomic E-state index is 10.2. The molecule has 1 heterocycles. The van der Waals surface area contributed by atoms with E-state index in [4.69, 9.17) is 4.42 Å². The lowest BCUT2D eigenvalue weighted by Gasteiger charge is -1.88. The Bertz CT molecular complexity index is 276. The molecule has 0 N–H and O–H groups in total. The minimum atomic E-state index is 0.359. The summed E-state index contributed by atoms with van der Waals surface area (Å²) in [6, 6.07) is 0. The third-order valence-corrected chi connectivity index (χ3v) is 2.75. The monoisotopic (exact) mass is 216 g/mol. The first-order valence-electron chi connectivity index (χ1n) is 3.34. The predicted molar refractivity (Wildman–Crippen MR) is 45.7 cm³/mol. The number of halogens is 1. The SMILES string of the molecule is Cc1oc(CC=O)c(C)c1Br. The molecule has 0 fully saturated rings. The molecule has 0 bridgehead atoms. The van der Waals surface area contributed by atoms with Crippen LogP contribution in [-0.2, 0) is 11.2 Å². The molecule has 11 heavy (non-hydrogen) atoms. The second kappa shape index (κ2) is 3.22. The molecule has 2 nitrogen and oxygen atoms in total. The van der Waals surface area contributed by atoms with Crippen LogP contribution >= 0.6 is 15.9 Å². The quantitative estimate of drug-likeness (QED) is 0.712. The fraction of sp³-hybridized carbons (Fsp3) is 0.375. The number of hydrogen-bond donors (Lipinski definition) is 0. The first-order valence-corrected chi connectivity index (χ1v) is 4.14. The third-order valence-electron chi connectivity index (χ3n) is 1.60. The van der Waals surface area contributed by atoms with Crippen LogP contribution in [0.3, 0.4) is 0 Å². The van der Waals surface area contributed by atoms with E-state index in [2.05, 4.69) is 15.9 Å². The van der Waals surface area contributed by atoms with Gasteiger partial charge >= 0.3 is 0 Å². The lowest BCUT2D eigenvalue weighted by atomic mass is 10.2. The molecule has 0 saturated heterocycles. The maximum Gasteiger partial charge on any atom is 0.127 e. The van der Waals surface area contributed by atoms with E-state index in [-0.39, 0.29) is 0 Å². The molecule has 0 spiro atoms. The molecule has 60 valence electrons. The van der Waals surface area contributed by atoms with Crippen molar-refractivity contribution in [2.24, 2.45) is 0 Å². The number of hydrogen-bond acceptors (Lipinski definition) is 2. The first-order chi connectivity index (χ1) is 5.16. The van der Waals surface area contributed by atoms with Crippen LogP contribution in [0.25, 0.3) is 0 Å². The smallest absolute Gasteiger partial charge is 0.127 e. The van der Waals surface area contributed by atoms with E-state index in [1.54, 1.807) is 0 Å². The van der Waals surface area contributed by atoms with Gasteiger partial charge in [-0.3, -0.25) is 0 Å². The fourth-order valence-electron chi connectivity index (χ4n) is 0.963. The van der Waals surface area contributed by atoms with Gasteiger partial charge in [0.05, 0.1) is 10.9 Å². The summed E-state index contributed by atoms with van der Waals surface area (Å²) >= 11 is 3.36. The molecule has 0 aliphatic rings. The summed E-state index contributed by atoms with van der Waals surface area (Å²) in [4.78, 5) is 10.2. The van der Waals surface area contributed by atoms with E-state index in [0.29, 0.717) is 6.42 Å². The molecule has 0 saturated carbocycles. The van der Waals surface area contributed by atoms with E-state index in [9.17, 15) is 4.79 Å². The molecule has 0 radical (unpaired) electrons. The summed E-state index contributed by atoms with van der Waals surface area (Å²) in [5, 5.41) is 0. The molecule has 0 aliphatic carbocycles. The molecule has 0 aromatic carbocycles. The van der Waals surface area contributed by atoms with Crippen LogP contribution < -0.4 is 0 Å². The Morgan fingerprint density at radius 1 is 1.55 bits per heavy atom. The third kappa shape index (κ3) is 1.53. The van der Waals surface area contributed by atoms with Crippen LogP contribution in [0.4, 0.5) is 0 Å². The Morgan fingerprint density at radius 2 is 2.18 bits per heavy atom. The number of carbonyl (C=O) groups is 1. The topological polar surface area (TPSA) is 30.2 Å². The van der Waals surface area contributed by atoms with Gasteiger partial charge in [0.25, 0.3) is 0 Å². The van der Waals surface area contributed by atoms with E-state index in [1.165, 1.54) is 0 Å². The van der Waals surface area contributed by atoms with Crippen LogP contribution in [0, 0.1) is 13.8 Å². The average molecular weight is 217 g/mol.